The molecule has 4 heteroatoms. The van der Waals surface area contributed by atoms with Crippen molar-refractivity contribution in [1.82, 2.24) is 5.32 Å². The molecule has 0 spiro atoms. The second-order valence-electron chi connectivity index (χ2n) is 4.18. The lowest BCUT2D eigenvalue weighted by molar-refractivity contribution is -0.143. The molecule has 0 saturated heterocycles. The Bertz CT molecular complexity index is 465. The quantitative estimate of drug-likeness (QED) is 0.729. The summed E-state index contributed by atoms with van der Waals surface area (Å²) in [6.07, 6.45) is 0. The number of rotatable bonds is 1. The maximum Gasteiger partial charge on any atom is 0.257 e. The molecule has 0 fully saturated rings. The minimum atomic E-state index is -1.57. The summed E-state index contributed by atoms with van der Waals surface area (Å²) in [6.45, 7) is 2.85. The van der Waals surface area contributed by atoms with E-state index in [0.717, 1.165) is 0 Å². The number of benzene rings is 1. The third-order valence-electron chi connectivity index (χ3n) is 2.92. The van der Waals surface area contributed by atoms with Gasteiger partial charge in [-0.25, -0.2) is 0 Å². The van der Waals surface area contributed by atoms with E-state index < -0.39 is 17.6 Å². The van der Waals surface area contributed by atoms with Crippen LogP contribution in [0.3, 0.4) is 0 Å². The molecular formula is C12H13NO3. The van der Waals surface area contributed by atoms with Gasteiger partial charge in [-0.3, -0.25) is 9.59 Å². The van der Waals surface area contributed by atoms with Crippen LogP contribution in [0, 0.1) is 0 Å². The van der Waals surface area contributed by atoms with Gasteiger partial charge in [-0.1, -0.05) is 24.3 Å². The fourth-order valence-electron chi connectivity index (χ4n) is 1.98. The van der Waals surface area contributed by atoms with E-state index in [2.05, 4.69) is 5.32 Å². The molecule has 1 unspecified atom stereocenters. The Balaban J connectivity index is 2.63. The minimum Gasteiger partial charge on any atom is -0.376 e. The highest BCUT2D eigenvalue weighted by Gasteiger charge is 2.42. The fraction of sp³-hybridized carbons (Fsp3) is 0.333. The molecule has 0 bridgehead atoms. The summed E-state index contributed by atoms with van der Waals surface area (Å²) in [7, 11) is 0. The van der Waals surface area contributed by atoms with Gasteiger partial charge in [0.25, 0.3) is 5.91 Å². The predicted octanol–water partition coefficient (Wildman–Crippen LogP) is 0.654. The highest BCUT2D eigenvalue weighted by Crippen LogP contribution is 2.33. The zero-order valence-corrected chi connectivity index (χ0v) is 9.15. The van der Waals surface area contributed by atoms with Crippen LogP contribution in [-0.2, 0) is 15.2 Å². The molecule has 1 aliphatic rings. The van der Waals surface area contributed by atoms with Crippen LogP contribution in [0.1, 0.15) is 31.0 Å². The number of carbonyl (C=O) groups excluding carboxylic acids is 2. The smallest absolute Gasteiger partial charge is 0.257 e. The van der Waals surface area contributed by atoms with Gasteiger partial charge >= 0.3 is 0 Å². The van der Waals surface area contributed by atoms with Crippen molar-refractivity contribution in [1.29, 1.82) is 0 Å². The molecule has 84 valence electrons. The SMILES string of the molecule is CC(=O)[C@@H]1NC(=O)C(C)(O)c2ccccc21. The molecule has 1 heterocycles. The molecule has 4 nitrogen and oxygen atoms in total. The third kappa shape index (κ3) is 1.42. The summed E-state index contributed by atoms with van der Waals surface area (Å²) in [5.74, 6) is -0.678. The third-order valence-corrected chi connectivity index (χ3v) is 2.92. The van der Waals surface area contributed by atoms with E-state index in [9.17, 15) is 14.7 Å². The molecule has 0 aliphatic carbocycles. The van der Waals surface area contributed by atoms with Crippen molar-refractivity contribution >= 4 is 11.7 Å². The summed E-state index contributed by atoms with van der Waals surface area (Å²) in [6, 6.07) is 6.29. The molecule has 1 aromatic rings. The van der Waals surface area contributed by atoms with E-state index in [1.807, 2.05) is 0 Å². The molecule has 0 aromatic heterocycles. The van der Waals surface area contributed by atoms with Crippen molar-refractivity contribution in [2.45, 2.75) is 25.5 Å². The summed E-state index contributed by atoms with van der Waals surface area (Å²) in [5.41, 5.74) is -0.402. The Morgan fingerprint density at radius 3 is 2.69 bits per heavy atom. The van der Waals surface area contributed by atoms with Crippen molar-refractivity contribution < 1.29 is 14.7 Å². The molecule has 1 amide bonds. The number of ketones is 1. The first-order valence-corrected chi connectivity index (χ1v) is 5.08. The maximum atomic E-state index is 11.7. The van der Waals surface area contributed by atoms with E-state index in [1.54, 1.807) is 24.3 Å². The van der Waals surface area contributed by atoms with Crippen LogP contribution in [-0.4, -0.2) is 16.8 Å². The lowest BCUT2D eigenvalue weighted by Crippen LogP contribution is -2.50. The van der Waals surface area contributed by atoms with E-state index in [1.165, 1.54) is 13.8 Å². The molecule has 2 atom stereocenters. The van der Waals surface area contributed by atoms with Gasteiger partial charge in [-0.2, -0.15) is 0 Å². The van der Waals surface area contributed by atoms with Crippen LogP contribution in [0.4, 0.5) is 0 Å². The average Bonchev–Trinajstić information content (AvgIpc) is 2.23. The van der Waals surface area contributed by atoms with Crippen LogP contribution in [0.2, 0.25) is 0 Å². The van der Waals surface area contributed by atoms with Crippen LogP contribution >= 0.6 is 0 Å². The van der Waals surface area contributed by atoms with Crippen molar-refractivity contribution in [3.05, 3.63) is 35.4 Å². The Labute approximate surface area is 93.3 Å². The Morgan fingerprint density at radius 1 is 1.44 bits per heavy atom. The summed E-state index contributed by atoms with van der Waals surface area (Å²) < 4.78 is 0. The summed E-state index contributed by atoms with van der Waals surface area (Å²) >= 11 is 0. The predicted molar refractivity (Wildman–Crippen MR) is 57.6 cm³/mol. The summed E-state index contributed by atoms with van der Waals surface area (Å²) in [4.78, 5) is 23.1. The molecule has 16 heavy (non-hydrogen) atoms. The topological polar surface area (TPSA) is 66.4 Å². The first kappa shape index (κ1) is 10.8. The van der Waals surface area contributed by atoms with E-state index in [0.29, 0.717) is 11.1 Å². The van der Waals surface area contributed by atoms with Gasteiger partial charge in [-0.15, -0.1) is 0 Å². The number of carbonyl (C=O) groups is 2. The lowest BCUT2D eigenvalue weighted by atomic mass is 9.83. The lowest BCUT2D eigenvalue weighted by Gasteiger charge is -2.34. The fourth-order valence-corrected chi connectivity index (χ4v) is 1.98. The standard InChI is InChI=1S/C12H13NO3/c1-7(14)10-8-5-3-4-6-9(8)12(2,16)11(15)13-10/h3-6,10,16H,1-2H3,(H,13,15)/t10-,12?/m0/s1. The van der Waals surface area contributed by atoms with E-state index in [4.69, 9.17) is 0 Å². The monoisotopic (exact) mass is 219 g/mol. The normalized spacial score (nSPS) is 28.2. The second-order valence-corrected chi connectivity index (χ2v) is 4.18. The number of Topliss-reactive ketones (excluding diaryl/α,β-unsaturated/α-hetero) is 1. The average molecular weight is 219 g/mol. The molecule has 2 N–H and O–H groups in total. The molecule has 0 radical (unpaired) electrons. The molecule has 0 saturated carbocycles. The summed E-state index contributed by atoms with van der Waals surface area (Å²) in [5, 5.41) is 12.6. The number of fused-ring (bicyclic) bond motifs is 1. The van der Waals surface area contributed by atoms with Gasteiger partial charge in [0.05, 0.1) is 0 Å². The number of hydrogen-bond donors (Lipinski definition) is 2. The van der Waals surface area contributed by atoms with Gasteiger partial charge in [0.15, 0.2) is 11.4 Å². The van der Waals surface area contributed by atoms with E-state index >= 15 is 0 Å². The minimum absolute atomic E-state index is 0.142. The van der Waals surface area contributed by atoms with E-state index in [-0.39, 0.29) is 5.78 Å². The second kappa shape index (κ2) is 3.42. The van der Waals surface area contributed by atoms with Crippen molar-refractivity contribution in [2.24, 2.45) is 0 Å². The Kier molecular flexibility index (Phi) is 2.31. The Morgan fingerprint density at radius 2 is 2.06 bits per heavy atom. The van der Waals surface area contributed by atoms with Crippen LogP contribution in [0.25, 0.3) is 0 Å². The van der Waals surface area contributed by atoms with Crippen LogP contribution < -0.4 is 5.32 Å². The van der Waals surface area contributed by atoms with Gasteiger partial charge in [0.2, 0.25) is 0 Å². The first-order valence-electron chi connectivity index (χ1n) is 5.08. The Hall–Kier alpha value is -1.68. The van der Waals surface area contributed by atoms with Gasteiger partial charge in [0.1, 0.15) is 6.04 Å². The van der Waals surface area contributed by atoms with Crippen molar-refractivity contribution in [3.8, 4) is 0 Å². The largest absolute Gasteiger partial charge is 0.376 e. The molecular weight excluding hydrogens is 206 g/mol. The maximum absolute atomic E-state index is 11.7. The van der Waals surface area contributed by atoms with Gasteiger partial charge < -0.3 is 10.4 Å². The van der Waals surface area contributed by atoms with Crippen LogP contribution in [0.15, 0.2) is 24.3 Å². The number of hydrogen-bond acceptors (Lipinski definition) is 3. The number of nitrogens with one attached hydrogen (secondary N) is 1. The molecule has 1 aromatic carbocycles. The van der Waals surface area contributed by atoms with Crippen molar-refractivity contribution in [2.75, 3.05) is 0 Å². The van der Waals surface area contributed by atoms with Crippen LogP contribution in [0.5, 0.6) is 0 Å². The van der Waals surface area contributed by atoms with Gasteiger partial charge in [-0.05, 0) is 25.0 Å². The number of aliphatic hydroxyl groups is 1. The molecule has 2 rings (SSSR count). The number of amides is 1. The molecule has 1 aliphatic heterocycles. The van der Waals surface area contributed by atoms with Gasteiger partial charge in [0, 0.05) is 0 Å². The first-order chi connectivity index (χ1) is 7.44. The van der Waals surface area contributed by atoms with Crippen molar-refractivity contribution in [3.63, 3.8) is 0 Å². The highest BCUT2D eigenvalue weighted by molar-refractivity contribution is 5.95. The highest BCUT2D eigenvalue weighted by atomic mass is 16.3. The zero-order chi connectivity index (χ0) is 11.9. The zero-order valence-electron chi connectivity index (χ0n) is 9.15.